The molecule has 4 nitrogen and oxygen atoms in total. The van der Waals surface area contributed by atoms with Gasteiger partial charge in [0.05, 0.1) is 5.56 Å². The minimum Gasteiger partial charge on any atom is -0.351 e. The van der Waals surface area contributed by atoms with Gasteiger partial charge in [-0.05, 0) is 31.6 Å². The molecule has 0 aliphatic heterocycles. The molecule has 94 valence electrons. The van der Waals surface area contributed by atoms with E-state index in [4.69, 9.17) is 0 Å². The van der Waals surface area contributed by atoms with Crippen LogP contribution in [0.15, 0.2) is 18.5 Å². The van der Waals surface area contributed by atoms with Crippen molar-refractivity contribution in [2.75, 3.05) is 26.2 Å². The number of nitrogens with one attached hydrogen (secondary N) is 1. The quantitative estimate of drug-likeness (QED) is 0.812. The van der Waals surface area contributed by atoms with Crippen LogP contribution in [0.5, 0.6) is 0 Å². The molecule has 1 aromatic rings. The summed E-state index contributed by atoms with van der Waals surface area (Å²) in [5.74, 6) is -0.0478. The molecule has 1 aromatic heterocycles. The van der Waals surface area contributed by atoms with Crippen LogP contribution in [0.2, 0.25) is 0 Å². The Labute approximate surface area is 103 Å². The summed E-state index contributed by atoms with van der Waals surface area (Å²) in [5.41, 5.74) is 1.63. The molecular weight excluding hydrogens is 214 g/mol. The van der Waals surface area contributed by atoms with Gasteiger partial charge in [0.2, 0.25) is 0 Å². The molecule has 0 saturated carbocycles. The number of hydrogen-bond donors (Lipinski definition) is 1. The third kappa shape index (κ3) is 4.53. The van der Waals surface area contributed by atoms with Gasteiger partial charge in [0.25, 0.3) is 5.91 Å². The molecule has 0 aliphatic carbocycles. The predicted molar refractivity (Wildman–Crippen MR) is 69.1 cm³/mol. The number of nitrogens with zero attached hydrogens (tertiary/aromatic N) is 2. The highest BCUT2D eigenvalue weighted by molar-refractivity contribution is 5.93. The Balaban J connectivity index is 2.40. The van der Waals surface area contributed by atoms with E-state index in [0.717, 1.165) is 25.2 Å². The van der Waals surface area contributed by atoms with Gasteiger partial charge < -0.3 is 10.2 Å². The third-order valence-electron chi connectivity index (χ3n) is 2.75. The molecule has 0 fully saturated rings. The lowest BCUT2D eigenvalue weighted by molar-refractivity contribution is 0.0948. The summed E-state index contributed by atoms with van der Waals surface area (Å²) >= 11 is 0. The van der Waals surface area contributed by atoms with Crippen LogP contribution >= 0.6 is 0 Å². The second-order valence-electron chi connectivity index (χ2n) is 4.03. The lowest BCUT2D eigenvalue weighted by atomic mass is 10.2. The molecule has 0 bridgehead atoms. The standard InChI is InChI=1S/C13H21N3O/c1-4-16(5-2)7-6-15-13(17)12-8-11(3)9-14-10-12/h8-10H,4-7H2,1-3H3,(H,15,17). The summed E-state index contributed by atoms with van der Waals surface area (Å²) in [7, 11) is 0. The number of aryl methyl sites for hydroxylation is 1. The van der Waals surface area contributed by atoms with Crippen molar-refractivity contribution >= 4 is 5.91 Å². The van der Waals surface area contributed by atoms with Gasteiger partial charge in [0.1, 0.15) is 0 Å². The number of rotatable bonds is 6. The summed E-state index contributed by atoms with van der Waals surface area (Å²) in [6.45, 7) is 9.76. The van der Waals surface area contributed by atoms with Crippen LogP contribution < -0.4 is 5.32 Å². The van der Waals surface area contributed by atoms with Crippen LogP contribution in [0.3, 0.4) is 0 Å². The molecule has 0 saturated heterocycles. The van der Waals surface area contributed by atoms with Gasteiger partial charge in [-0.1, -0.05) is 13.8 Å². The number of pyridine rings is 1. The molecule has 0 unspecified atom stereocenters. The van der Waals surface area contributed by atoms with Crippen LogP contribution in [0.4, 0.5) is 0 Å². The Kier molecular flexibility index (Phi) is 5.63. The molecule has 0 atom stereocenters. The Bertz CT molecular complexity index is 361. The first-order valence-corrected chi connectivity index (χ1v) is 6.09. The van der Waals surface area contributed by atoms with E-state index in [1.165, 1.54) is 0 Å². The number of carbonyl (C=O) groups is 1. The first-order valence-electron chi connectivity index (χ1n) is 6.09. The van der Waals surface area contributed by atoms with Crippen molar-refractivity contribution in [3.05, 3.63) is 29.6 Å². The Morgan fingerprint density at radius 2 is 2.06 bits per heavy atom. The van der Waals surface area contributed by atoms with Crippen LogP contribution in [0, 0.1) is 6.92 Å². The number of likely N-dealkylation sites (N-methyl/N-ethyl adjacent to an activating group) is 1. The van der Waals surface area contributed by atoms with E-state index in [9.17, 15) is 4.79 Å². The molecule has 0 radical (unpaired) electrons. The summed E-state index contributed by atoms with van der Waals surface area (Å²) in [5, 5.41) is 2.90. The Hall–Kier alpha value is -1.42. The summed E-state index contributed by atoms with van der Waals surface area (Å²) in [6.07, 6.45) is 3.34. The Morgan fingerprint density at radius 3 is 2.65 bits per heavy atom. The van der Waals surface area contributed by atoms with Crippen molar-refractivity contribution in [1.29, 1.82) is 0 Å². The maximum atomic E-state index is 11.8. The smallest absolute Gasteiger partial charge is 0.252 e. The largest absolute Gasteiger partial charge is 0.351 e. The van der Waals surface area contributed by atoms with Crippen molar-refractivity contribution in [2.45, 2.75) is 20.8 Å². The fourth-order valence-corrected chi connectivity index (χ4v) is 1.65. The highest BCUT2D eigenvalue weighted by Crippen LogP contribution is 2.00. The second-order valence-corrected chi connectivity index (χ2v) is 4.03. The van der Waals surface area contributed by atoms with Crippen molar-refractivity contribution < 1.29 is 4.79 Å². The average molecular weight is 235 g/mol. The highest BCUT2D eigenvalue weighted by Gasteiger charge is 2.06. The van der Waals surface area contributed by atoms with E-state index in [1.54, 1.807) is 12.4 Å². The van der Waals surface area contributed by atoms with Gasteiger partial charge in [-0.2, -0.15) is 0 Å². The topological polar surface area (TPSA) is 45.2 Å². The molecular formula is C13H21N3O. The lowest BCUT2D eigenvalue weighted by Crippen LogP contribution is -2.34. The lowest BCUT2D eigenvalue weighted by Gasteiger charge is -2.17. The van der Waals surface area contributed by atoms with Gasteiger partial charge in [-0.15, -0.1) is 0 Å². The van der Waals surface area contributed by atoms with Crippen LogP contribution in [0.25, 0.3) is 0 Å². The van der Waals surface area contributed by atoms with E-state index in [1.807, 2.05) is 13.0 Å². The average Bonchev–Trinajstić information content (AvgIpc) is 2.34. The third-order valence-corrected chi connectivity index (χ3v) is 2.75. The normalized spacial score (nSPS) is 10.6. The maximum absolute atomic E-state index is 11.8. The van der Waals surface area contributed by atoms with Crippen LogP contribution in [-0.2, 0) is 0 Å². The summed E-state index contributed by atoms with van der Waals surface area (Å²) < 4.78 is 0. The van der Waals surface area contributed by atoms with Crippen molar-refractivity contribution in [3.63, 3.8) is 0 Å². The molecule has 0 aliphatic rings. The minimum atomic E-state index is -0.0478. The van der Waals surface area contributed by atoms with Gasteiger partial charge in [-0.3, -0.25) is 9.78 Å². The molecule has 0 aromatic carbocycles. The number of carbonyl (C=O) groups excluding carboxylic acids is 1. The monoisotopic (exact) mass is 235 g/mol. The van der Waals surface area contributed by atoms with Crippen molar-refractivity contribution in [1.82, 2.24) is 15.2 Å². The summed E-state index contributed by atoms with van der Waals surface area (Å²) in [4.78, 5) is 18.1. The molecule has 17 heavy (non-hydrogen) atoms. The van der Waals surface area contributed by atoms with Crippen LogP contribution in [-0.4, -0.2) is 42.0 Å². The molecule has 1 rings (SSSR count). The van der Waals surface area contributed by atoms with E-state index in [0.29, 0.717) is 12.1 Å². The zero-order valence-corrected chi connectivity index (χ0v) is 10.9. The second kappa shape index (κ2) is 7.01. The Morgan fingerprint density at radius 1 is 1.35 bits per heavy atom. The fourth-order valence-electron chi connectivity index (χ4n) is 1.65. The first-order chi connectivity index (χ1) is 8.17. The fraction of sp³-hybridized carbons (Fsp3) is 0.538. The van der Waals surface area contributed by atoms with Crippen molar-refractivity contribution in [2.24, 2.45) is 0 Å². The van der Waals surface area contributed by atoms with E-state index in [2.05, 4.69) is 29.0 Å². The number of aromatic nitrogens is 1. The SMILES string of the molecule is CCN(CC)CCNC(=O)c1cncc(C)c1. The minimum absolute atomic E-state index is 0.0478. The molecule has 1 amide bonds. The summed E-state index contributed by atoms with van der Waals surface area (Å²) in [6, 6.07) is 1.85. The molecule has 1 heterocycles. The zero-order chi connectivity index (χ0) is 12.7. The van der Waals surface area contributed by atoms with Gasteiger partial charge in [0.15, 0.2) is 0 Å². The molecule has 1 N–H and O–H groups in total. The predicted octanol–water partition coefficient (Wildman–Crippen LogP) is 1.46. The molecule has 4 heteroatoms. The maximum Gasteiger partial charge on any atom is 0.252 e. The first kappa shape index (κ1) is 13.6. The van der Waals surface area contributed by atoms with Crippen LogP contribution in [0.1, 0.15) is 29.8 Å². The van der Waals surface area contributed by atoms with Crippen molar-refractivity contribution in [3.8, 4) is 0 Å². The van der Waals surface area contributed by atoms with E-state index >= 15 is 0 Å². The number of hydrogen-bond acceptors (Lipinski definition) is 3. The van der Waals surface area contributed by atoms with Gasteiger partial charge in [-0.25, -0.2) is 0 Å². The van der Waals surface area contributed by atoms with E-state index in [-0.39, 0.29) is 5.91 Å². The van der Waals surface area contributed by atoms with Gasteiger partial charge >= 0.3 is 0 Å². The number of amides is 1. The van der Waals surface area contributed by atoms with Gasteiger partial charge in [0, 0.05) is 25.5 Å². The van der Waals surface area contributed by atoms with E-state index < -0.39 is 0 Å². The zero-order valence-electron chi connectivity index (χ0n) is 10.9. The highest BCUT2D eigenvalue weighted by atomic mass is 16.1. The molecule has 0 spiro atoms.